The molecule has 102 valence electrons. The van der Waals surface area contributed by atoms with Gasteiger partial charge in [-0.05, 0) is 19.5 Å². The van der Waals surface area contributed by atoms with Crippen LogP contribution >= 0.6 is 12.4 Å². The Kier molecular flexibility index (Phi) is 7.64. The molecule has 0 radical (unpaired) electrons. The van der Waals surface area contributed by atoms with Crippen LogP contribution in [0.25, 0.3) is 0 Å². The molecular weight excluding hydrogens is 248 g/mol. The van der Waals surface area contributed by atoms with Crippen LogP contribution < -0.4 is 5.32 Å². The smallest absolute Gasteiger partial charge is 0.226 e. The van der Waals surface area contributed by atoms with E-state index in [0.29, 0.717) is 6.54 Å². The molecule has 1 aromatic carbocycles. The Bertz CT molecular complexity index is 382. The largest absolute Gasteiger partial charge is 0.341 e. The quantitative estimate of drug-likeness (QED) is 0.890. The SMILES string of the molecule is CNCC(C)C(=O)N(C)Cc1cccc(C)c1.Cl. The number of benzene rings is 1. The van der Waals surface area contributed by atoms with E-state index in [0.717, 1.165) is 6.54 Å². The number of rotatable bonds is 5. The maximum Gasteiger partial charge on any atom is 0.226 e. The number of nitrogens with zero attached hydrogens (tertiary/aromatic N) is 1. The summed E-state index contributed by atoms with van der Waals surface area (Å²) in [5.41, 5.74) is 2.41. The molecule has 4 heteroatoms. The molecule has 0 aliphatic heterocycles. The van der Waals surface area contributed by atoms with Gasteiger partial charge < -0.3 is 10.2 Å². The van der Waals surface area contributed by atoms with E-state index < -0.39 is 0 Å². The van der Waals surface area contributed by atoms with Crippen LogP contribution in [0.1, 0.15) is 18.1 Å². The summed E-state index contributed by atoms with van der Waals surface area (Å²) in [6.45, 7) is 5.41. The number of aryl methyl sites for hydroxylation is 1. The molecule has 0 spiro atoms. The minimum atomic E-state index is 0. The van der Waals surface area contributed by atoms with Gasteiger partial charge in [0.1, 0.15) is 0 Å². The Morgan fingerprint density at radius 2 is 2.11 bits per heavy atom. The first kappa shape index (κ1) is 16.9. The molecule has 0 aliphatic rings. The fourth-order valence-electron chi connectivity index (χ4n) is 1.93. The van der Waals surface area contributed by atoms with Crippen molar-refractivity contribution in [3.63, 3.8) is 0 Å². The van der Waals surface area contributed by atoms with Crippen molar-refractivity contribution in [2.24, 2.45) is 5.92 Å². The van der Waals surface area contributed by atoms with Gasteiger partial charge in [-0.3, -0.25) is 4.79 Å². The second kappa shape index (κ2) is 8.11. The van der Waals surface area contributed by atoms with Crippen LogP contribution in [0.4, 0.5) is 0 Å². The van der Waals surface area contributed by atoms with Gasteiger partial charge >= 0.3 is 0 Å². The van der Waals surface area contributed by atoms with E-state index in [2.05, 4.69) is 30.4 Å². The molecule has 1 atom stereocenters. The van der Waals surface area contributed by atoms with E-state index >= 15 is 0 Å². The van der Waals surface area contributed by atoms with Gasteiger partial charge in [0, 0.05) is 26.1 Å². The molecule has 1 N–H and O–H groups in total. The zero-order chi connectivity index (χ0) is 12.8. The molecule has 1 amide bonds. The Balaban J connectivity index is 0.00000289. The molecule has 0 aliphatic carbocycles. The van der Waals surface area contributed by atoms with Crippen LogP contribution in [0.2, 0.25) is 0 Å². The van der Waals surface area contributed by atoms with Gasteiger partial charge in [-0.1, -0.05) is 36.8 Å². The van der Waals surface area contributed by atoms with Crippen LogP contribution in [-0.4, -0.2) is 31.4 Å². The highest BCUT2D eigenvalue weighted by atomic mass is 35.5. The third-order valence-electron chi connectivity index (χ3n) is 2.81. The first-order chi connectivity index (χ1) is 8.04. The summed E-state index contributed by atoms with van der Waals surface area (Å²) >= 11 is 0. The van der Waals surface area contributed by atoms with Crippen molar-refractivity contribution >= 4 is 18.3 Å². The molecule has 18 heavy (non-hydrogen) atoms. The topological polar surface area (TPSA) is 32.3 Å². The molecule has 1 unspecified atom stereocenters. The lowest BCUT2D eigenvalue weighted by Crippen LogP contribution is -2.35. The summed E-state index contributed by atoms with van der Waals surface area (Å²) < 4.78 is 0. The summed E-state index contributed by atoms with van der Waals surface area (Å²) in [5, 5.41) is 3.03. The van der Waals surface area contributed by atoms with E-state index in [4.69, 9.17) is 0 Å². The fourth-order valence-corrected chi connectivity index (χ4v) is 1.93. The van der Waals surface area contributed by atoms with Crippen LogP contribution in [-0.2, 0) is 11.3 Å². The van der Waals surface area contributed by atoms with Crippen LogP contribution in [0.15, 0.2) is 24.3 Å². The summed E-state index contributed by atoms with van der Waals surface area (Å²) in [4.78, 5) is 13.8. The lowest BCUT2D eigenvalue weighted by Gasteiger charge is -2.21. The maximum absolute atomic E-state index is 12.0. The van der Waals surface area contributed by atoms with Crippen molar-refractivity contribution < 1.29 is 4.79 Å². The average Bonchev–Trinajstić information content (AvgIpc) is 2.28. The van der Waals surface area contributed by atoms with E-state index in [1.165, 1.54) is 11.1 Å². The van der Waals surface area contributed by atoms with Crippen LogP contribution in [0.5, 0.6) is 0 Å². The van der Waals surface area contributed by atoms with Crippen LogP contribution in [0.3, 0.4) is 0 Å². The molecule has 0 heterocycles. The molecule has 0 fully saturated rings. The number of hydrogen-bond acceptors (Lipinski definition) is 2. The Labute approximate surface area is 116 Å². The fraction of sp³-hybridized carbons (Fsp3) is 0.500. The van der Waals surface area contributed by atoms with E-state index in [1.54, 1.807) is 4.90 Å². The van der Waals surface area contributed by atoms with Gasteiger partial charge in [-0.2, -0.15) is 0 Å². The highest BCUT2D eigenvalue weighted by Gasteiger charge is 2.16. The minimum Gasteiger partial charge on any atom is -0.341 e. The standard InChI is InChI=1S/C14H22N2O.ClH/c1-11-6-5-7-13(8-11)10-16(4)14(17)12(2)9-15-3;/h5-8,12,15H,9-10H2,1-4H3;1H. The van der Waals surface area contributed by atoms with Gasteiger partial charge in [-0.15, -0.1) is 12.4 Å². The normalized spacial score (nSPS) is 11.6. The van der Waals surface area contributed by atoms with Gasteiger partial charge in [0.15, 0.2) is 0 Å². The molecule has 1 aromatic rings. The molecule has 1 rings (SSSR count). The number of carbonyl (C=O) groups is 1. The molecule has 0 saturated carbocycles. The number of amides is 1. The third kappa shape index (κ3) is 5.07. The number of halogens is 1. The monoisotopic (exact) mass is 270 g/mol. The highest BCUT2D eigenvalue weighted by Crippen LogP contribution is 2.09. The number of nitrogens with one attached hydrogen (secondary N) is 1. The summed E-state index contributed by atoms with van der Waals surface area (Å²) in [5.74, 6) is 0.204. The molecular formula is C14H23ClN2O. The molecule has 0 saturated heterocycles. The number of carbonyl (C=O) groups excluding carboxylic acids is 1. The summed E-state index contributed by atoms with van der Waals surface area (Å²) in [7, 11) is 3.72. The van der Waals surface area contributed by atoms with Gasteiger partial charge in [0.2, 0.25) is 5.91 Å². The first-order valence-corrected chi connectivity index (χ1v) is 5.99. The average molecular weight is 271 g/mol. The highest BCUT2D eigenvalue weighted by molar-refractivity contribution is 5.85. The second-order valence-electron chi connectivity index (χ2n) is 4.64. The minimum absolute atomic E-state index is 0. The number of hydrogen-bond donors (Lipinski definition) is 1. The summed E-state index contributed by atoms with van der Waals surface area (Å²) in [6, 6.07) is 8.26. The van der Waals surface area contributed by atoms with E-state index in [9.17, 15) is 4.79 Å². The van der Waals surface area contributed by atoms with Gasteiger partial charge in [0.25, 0.3) is 0 Å². The van der Waals surface area contributed by atoms with Crippen molar-refractivity contribution in [3.8, 4) is 0 Å². The third-order valence-corrected chi connectivity index (χ3v) is 2.81. The van der Waals surface area contributed by atoms with Crippen molar-refractivity contribution in [2.75, 3.05) is 20.6 Å². The van der Waals surface area contributed by atoms with Crippen molar-refractivity contribution in [1.29, 1.82) is 0 Å². The van der Waals surface area contributed by atoms with Crippen molar-refractivity contribution in [1.82, 2.24) is 10.2 Å². The first-order valence-electron chi connectivity index (χ1n) is 5.99. The van der Waals surface area contributed by atoms with Gasteiger partial charge in [-0.25, -0.2) is 0 Å². The van der Waals surface area contributed by atoms with Gasteiger partial charge in [0.05, 0.1) is 0 Å². The maximum atomic E-state index is 12.0. The summed E-state index contributed by atoms with van der Waals surface area (Å²) in [6.07, 6.45) is 0. The molecule has 0 aromatic heterocycles. The Morgan fingerprint density at radius 1 is 1.44 bits per heavy atom. The zero-order valence-corrected chi connectivity index (χ0v) is 12.4. The Morgan fingerprint density at radius 3 is 2.67 bits per heavy atom. The predicted molar refractivity (Wildman–Crippen MR) is 78.0 cm³/mol. The van der Waals surface area contributed by atoms with Crippen LogP contribution in [0, 0.1) is 12.8 Å². The van der Waals surface area contributed by atoms with Crippen molar-refractivity contribution in [3.05, 3.63) is 35.4 Å². The lowest BCUT2D eigenvalue weighted by molar-refractivity contribution is -0.134. The zero-order valence-electron chi connectivity index (χ0n) is 11.6. The van der Waals surface area contributed by atoms with E-state index in [-0.39, 0.29) is 24.2 Å². The van der Waals surface area contributed by atoms with Crippen molar-refractivity contribution in [2.45, 2.75) is 20.4 Å². The lowest BCUT2D eigenvalue weighted by atomic mass is 10.1. The molecule has 3 nitrogen and oxygen atoms in total. The second-order valence-corrected chi connectivity index (χ2v) is 4.64. The van der Waals surface area contributed by atoms with E-state index in [1.807, 2.05) is 27.1 Å². The predicted octanol–water partition coefficient (Wildman–Crippen LogP) is 2.23. The molecule has 0 bridgehead atoms. The Hall–Kier alpha value is -1.06.